The molecule has 0 saturated heterocycles. The second-order valence-electron chi connectivity index (χ2n) is 5.08. The van der Waals surface area contributed by atoms with E-state index in [1.165, 1.54) is 0 Å². The highest BCUT2D eigenvalue weighted by Gasteiger charge is 2.37. The highest BCUT2D eigenvalue weighted by Crippen LogP contribution is 2.36. The summed E-state index contributed by atoms with van der Waals surface area (Å²) < 4.78 is 25.3. The quantitative estimate of drug-likeness (QED) is 0.924. The van der Waals surface area contributed by atoms with Gasteiger partial charge in [0.15, 0.2) is 9.84 Å². The normalized spacial score (nSPS) is 22.2. The van der Waals surface area contributed by atoms with Crippen molar-refractivity contribution in [1.29, 1.82) is 0 Å². The largest absolute Gasteiger partial charge is 0.387 e. The van der Waals surface area contributed by atoms with E-state index in [9.17, 15) is 13.5 Å². The summed E-state index contributed by atoms with van der Waals surface area (Å²) in [5, 5.41) is 9.67. The van der Waals surface area contributed by atoms with Crippen LogP contribution < -0.4 is 0 Å². The maximum Gasteiger partial charge on any atom is 0.184 e. The molecule has 3 rings (SSSR count). The standard InChI is InChI=1S/C16H16O3S/c17-16-14-9-5-4-6-12(14)10-11-15(16)20(18,19)13-7-2-1-3-8-13/h1-9,15-17H,10-11H2. The van der Waals surface area contributed by atoms with Crippen LogP contribution in [0.5, 0.6) is 0 Å². The summed E-state index contributed by atoms with van der Waals surface area (Å²) in [7, 11) is -3.50. The second-order valence-corrected chi connectivity index (χ2v) is 7.25. The molecule has 0 spiro atoms. The van der Waals surface area contributed by atoms with Gasteiger partial charge in [0.1, 0.15) is 0 Å². The molecule has 2 aromatic rings. The zero-order chi connectivity index (χ0) is 14.2. The average molecular weight is 288 g/mol. The van der Waals surface area contributed by atoms with Crippen molar-refractivity contribution >= 4 is 9.84 Å². The fourth-order valence-corrected chi connectivity index (χ4v) is 4.62. The van der Waals surface area contributed by atoms with Crippen molar-refractivity contribution < 1.29 is 13.5 Å². The van der Waals surface area contributed by atoms with E-state index in [0.29, 0.717) is 12.8 Å². The molecular formula is C16H16O3S. The van der Waals surface area contributed by atoms with Gasteiger partial charge < -0.3 is 5.11 Å². The van der Waals surface area contributed by atoms with Crippen molar-refractivity contribution in [1.82, 2.24) is 0 Å². The van der Waals surface area contributed by atoms with E-state index in [1.54, 1.807) is 30.3 Å². The third-order valence-electron chi connectivity index (χ3n) is 3.89. The fourth-order valence-electron chi connectivity index (χ4n) is 2.82. The van der Waals surface area contributed by atoms with Crippen LogP contribution in [0.25, 0.3) is 0 Å². The van der Waals surface area contributed by atoms with Crippen molar-refractivity contribution in [2.75, 3.05) is 0 Å². The van der Waals surface area contributed by atoms with Crippen LogP contribution in [0.3, 0.4) is 0 Å². The SMILES string of the molecule is O=S(=O)(c1ccccc1)C1CCc2ccccc2C1O. The summed E-state index contributed by atoms with van der Waals surface area (Å²) >= 11 is 0. The molecule has 2 aromatic carbocycles. The van der Waals surface area contributed by atoms with Crippen LogP contribution in [0.2, 0.25) is 0 Å². The summed E-state index contributed by atoms with van der Waals surface area (Å²) in [5.74, 6) is 0. The Morgan fingerprint density at radius 1 is 0.950 bits per heavy atom. The lowest BCUT2D eigenvalue weighted by Crippen LogP contribution is -2.33. The smallest absolute Gasteiger partial charge is 0.184 e. The Bertz CT molecular complexity index is 708. The van der Waals surface area contributed by atoms with Gasteiger partial charge in [-0.2, -0.15) is 0 Å². The molecule has 0 aliphatic heterocycles. The van der Waals surface area contributed by atoms with Crippen LogP contribution in [0, 0.1) is 0 Å². The fraction of sp³-hybridized carbons (Fsp3) is 0.250. The number of hydrogen-bond donors (Lipinski definition) is 1. The second kappa shape index (κ2) is 5.04. The van der Waals surface area contributed by atoms with Gasteiger partial charge in [0.25, 0.3) is 0 Å². The monoisotopic (exact) mass is 288 g/mol. The Kier molecular flexibility index (Phi) is 3.36. The van der Waals surface area contributed by atoms with Crippen molar-refractivity contribution in [3.05, 3.63) is 65.7 Å². The molecule has 3 nitrogen and oxygen atoms in total. The van der Waals surface area contributed by atoms with Gasteiger partial charge in [-0.1, -0.05) is 42.5 Å². The van der Waals surface area contributed by atoms with Gasteiger partial charge in [-0.3, -0.25) is 0 Å². The maximum atomic E-state index is 12.6. The van der Waals surface area contributed by atoms with Crippen molar-refractivity contribution in [3.63, 3.8) is 0 Å². The van der Waals surface area contributed by atoms with E-state index in [-0.39, 0.29) is 4.90 Å². The number of sulfone groups is 1. The molecule has 0 amide bonds. The molecule has 2 unspecified atom stereocenters. The number of hydrogen-bond acceptors (Lipinski definition) is 3. The van der Waals surface area contributed by atoms with Gasteiger partial charge in [-0.05, 0) is 36.1 Å². The molecule has 4 heteroatoms. The number of fused-ring (bicyclic) bond motifs is 1. The first-order valence-corrected chi connectivity index (χ1v) is 8.20. The molecule has 0 radical (unpaired) electrons. The lowest BCUT2D eigenvalue weighted by atomic mass is 9.89. The molecule has 1 N–H and O–H groups in total. The van der Waals surface area contributed by atoms with E-state index >= 15 is 0 Å². The first kappa shape index (κ1) is 13.3. The molecule has 1 aliphatic carbocycles. The number of benzene rings is 2. The summed E-state index contributed by atoms with van der Waals surface area (Å²) in [6.45, 7) is 0. The topological polar surface area (TPSA) is 54.4 Å². The molecule has 0 saturated carbocycles. The molecule has 0 fully saturated rings. The number of aliphatic hydroxyl groups is 1. The van der Waals surface area contributed by atoms with Crippen LogP contribution in [0.1, 0.15) is 23.7 Å². The van der Waals surface area contributed by atoms with Gasteiger partial charge in [0, 0.05) is 0 Å². The Morgan fingerprint density at radius 2 is 1.60 bits per heavy atom. The maximum absolute atomic E-state index is 12.6. The summed E-state index contributed by atoms with van der Waals surface area (Å²) in [6.07, 6.45) is 0.185. The highest BCUT2D eigenvalue weighted by molar-refractivity contribution is 7.92. The minimum Gasteiger partial charge on any atom is -0.387 e. The molecule has 20 heavy (non-hydrogen) atoms. The van der Waals surface area contributed by atoms with E-state index in [4.69, 9.17) is 0 Å². The van der Waals surface area contributed by atoms with Gasteiger partial charge in [-0.15, -0.1) is 0 Å². The Balaban J connectivity index is 2.01. The summed E-state index contributed by atoms with van der Waals surface area (Å²) in [4.78, 5) is 0.281. The first-order chi connectivity index (χ1) is 9.60. The van der Waals surface area contributed by atoms with E-state index in [1.807, 2.05) is 24.3 Å². The predicted molar refractivity (Wildman–Crippen MR) is 77.1 cm³/mol. The van der Waals surface area contributed by atoms with Crippen LogP contribution in [-0.2, 0) is 16.3 Å². The Morgan fingerprint density at radius 3 is 2.35 bits per heavy atom. The van der Waals surface area contributed by atoms with Crippen LogP contribution in [-0.4, -0.2) is 18.8 Å². The molecule has 0 bridgehead atoms. The van der Waals surface area contributed by atoms with Crippen LogP contribution in [0.15, 0.2) is 59.5 Å². The van der Waals surface area contributed by atoms with Crippen molar-refractivity contribution in [2.45, 2.75) is 29.1 Å². The van der Waals surface area contributed by atoms with Crippen LogP contribution in [0.4, 0.5) is 0 Å². The van der Waals surface area contributed by atoms with Crippen LogP contribution >= 0.6 is 0 Å². The lowest BCUT2D eigenvalue weighted by Gasteiger charge is -2.29. The molecule has 0 aromatic heterocycles. The molecular weight excluding hydrogens is 272 g/mol. The zero-order valence-electron chi connectivity index (χ0n) is 10.9. The number of aliphatic hydroxyl groups excluding tert-OH is 1. The summed E-state index contributed by atoms with van der Waals surface area (Å²) in [5.41, 5.74) is 1.78. The predicted octanol–water partition coefficient (Wildman–Crippen LogP) is 2.51. The number of rotatable bonds is 2. The molecule has 2 atom stereocenters. The third-order valence-corrected chi connectivity index (χ3v) is 6.11. The van der Waals surface area contributed by atoms with Gasteiger partial charge in [-0.25, -0.2) is 8.42 Å². The number of aryl methyl sites for hydroxylation is 1. The van der Waals surface area contributed by atoms with Gasteiger partial charge in [0.2, 0.25) is 0 Å². The average Bonchev–Trinajstić information content (AvgIpc) is 2.48. The molecule has 104 valence electrons. The summed E-state index contributed by atoms with van der Waals surface area (Å²) in [6, 6.07) is 15.9. The lowest BCUT2D eigenvalue weighted by molar-refractivity contribution is 0.159. The van der Waals surface area contributed by atoms with E-state index in [2.05, 4.69) is 0 Å². The third kappa shape index (κ3) is 2.15. The van der Waals surface area contributed by atoms with Crippen molar-refractivity contribution in [3.8, 4) is 0 Å². The minimum absolute atomic E-state index is 0.281. The minimum atomic E-state index is -3.50. The molecule has 0 heterocycles. The highest BCUT2D eigenvalue weighted by atomic mass is 32.2. The van der Waals surface area contributed by atoms with Crippen molar-refractivity contribution in [2.24, 2.45) is 0 Å². The Hall–Kier alpha value is -1.65. The zero-order valence-corrected chi connectivity index (χ0v) is 11.8. The molecule has 1 aliphatic rings. The Labute approximate surface area is 118 Å². The van der Waals surface area contributed by atoms with E-state index in [0.717, 1.165) is 11.1 Å². The van der Waals surface area contributed by atoms with Gasteiger partial charge >= 0.3 is 0 Å². The first-order valence-electron chi connectivity index (χ1n) is 6.65. The van der Waals surface area contributed by atoms with E-state index < -0.39 is 21.2 Å². The van der Waals surface area contributed by atoms with Gasteiger partial charge in [0.05, 0.1) is 16.2 Å².